The van der Waals surface area contributed by atoms with Gasteiger partial charge in [0.1, 0.15) is 5.00 Å². The number of esters is 2. The molecule has 2 heterocycles. The molecule has 0 fully saturated rings. The Morgan fingerprint density at radius 1 is 1.05 bits per heavy atom. The van der Waals surface area contributed by atoms with Gasteiger partial charge in [-0.3, -0.25) is 14.2 Å². The molecule has 0 unspecified atom stereocenters. The maximum absolute atomic E-state index is 12.6. The SMILES string of the molecule is CCOC(=O)c1cc(-c2ccc3c(cnn3C)c2)sc1NC(=O)COC(=O)c1cccc(NS(C)(=O)=O)c1. The highest BCUT2D eigenvalue weighted by Gasteiger charge is 2.21. The first-order chi connectivity index (χ1) is 18.0. The molecule has 2 aromatic carbocycles. The molecule has 2 aromatic heterocycles. The molecule has 2 N–H and O–H groups in total. The number of aryl methyl sites for hydroxylation is 1. The molecular weight excluding hydrogens is 532 g/mol. The second kappa shape index (κ2) is 11.0. The van der Waals surface area contributed by atoms with Crippen LogP contribution >= 0.6 is 11.3 Å². The van der Waals surface area contributed by atoms with Crippen LogP contribution in [0.15, 0.2) is 54.7 Å². The molecule has 0 aliphatic rings. The number of thiophene rings is 1. The smallest absolute Gasteiger partial charge is 0.341 e. The molecular formula is C25H24N4O7S2. The van der Waals surface area contributed by atoms with E-state index < -0.39 is 34.5 Å². The Hall–Kier alpha value is -4.23. The fourth-order valence-corrected chi connectivity index (χ4v) is 5.22. The third kappa shape index (κ3) is 6.36. The number of benzene rings is 2. The summed E-state index contributed by atoms with van der Waals surface area (Å²) in [5, 5.41) is 8.04. The zero-order valence-electron chi connectivity index (χ0n) is 20.7. The molecule has 0 saturated heterocycles. The van der Waals surface area contributed by atoms with Crippen molar-refractivity contribution in [3.05, 3.63) is 65.9 Å². The number of rotatable bonds is 9. The van der Waals surface area contributed by atoms with Crippen LogP contribution in [0.2, 0.25) is 0 Å². The fourth-order valence-electron chi connectivity index (χ4n) is 3.60. The second-order valence-electron chi connectivity index (χ2n) is 8.20. The van der Waals surface area contributed by atoms with E-state index in [9.17, 15) is 22.8 Å². The minimum absolute atomic E-state index is 0.0582. The highest BCUT2D eigenvalue weighted by Crippen LogP contribution is 2.37. The van der Waals surface area contributed by atoms with Crippen LogP contribution in [0.1, 0.15) is 27.6 Å². The van der Waals surface area contributed by atoms with Gasteiger partial charge in [-0.15, -0.1) is 11.3 Å². The first kappa shape index (κ1) is 26.8. The largest absolute Gasteiger partial charge is 0.462 e. The van der Waals surface area contributed by atoms with Crippen LogP contribution in [0.5, 0.6) is 0 Å². The molecule has 198 valence electrons. The van der Waals surface area contributed by atoms with Crippen molar-refractivity contribution in [2.24, 2.45) is 7.05 Å². The lowest BCUT2D eigenvalue weighted by atomic mass is 10.1. The Balaban J connectivity index is 1.49. The van der Waals surface area contributed by atoms with Crippen LogP contribution in [0.25, 0.3) is 21.3 Å². The number of carbonyl (C=O) groups is 3. The topological polar surface area (TPSA) is 146 Å². The lowest BCUT2D eigenvalue weighted by molar-refractivity contribution is -0.119. The number of amides is 1. The second-order valence-corrected chi connectivity index (χ2v) is 11.0. The predicted octanol–water partition coefficient (Wildman–Crippen LogP) is 3.65. The fraction of sp³-hybridized carbons (Fsp3) is 0.200. The molecule has 0 aliphatic carbocycles. The van der Waals surface area contributed by atoms with E-state index in [0.717, 1.165) is 27.6 Å². The van der Waals surface area contributed by atoms with Gasteiger partial charge in [-0.25, -0.2) is 18.0 Å². The highest BCUT2D eigenvalue weighted by molar-refractivity contribution is 7.92. The van der Waals surface area contributed by atoms with E-state index in [0.29, 0.717) is 0 Å². The Kier molecular flexibility index (Phi) is 7.78. The van der Waals surface area contributed by atoms with Crippen LogP contribution in [0.3, 0.4) is 0 Å². The molecule has 4 rings (SSSR count). The van der Waals surface area contributed by atoms with Gasteiger partial charge in [0.25, 0.3) is 5.91 Å². The number of anilines is 2. The van der Waals surface area contributed by atoms with E-state index in [2.05, 4.69) is 15.1 Å². The van der Waals surface area contributed by atoms with Gasteiger partial charge in [0, 0.05) is 23.0 Å². The van der Waals surface area contributed by atoms with Gasteiger partial charge in [-0.05, 0) is 48.9 Å². The number of aromatic nitrogens is 2. The summed E-state index contributed by atoms with van der Waals surface area (Å²) in [7, 11) is -1.69. The average molecular weight is 557 g/mol. The number of nitrogens with zero attached hydrogens (tertiary/aromatic N) is 2. The number of hydrogen-bond donors (Lipinski definition) is 2. The van der Waals surface area contributed by atoms with E-state index in [4.69, 9.17) is 9.47 Å². The normalized spacial score (nSPS) is 11.2. The number of nitrogens with one attached hydrogen (secondary N) is 2. The first-order valence-electron chi connectivity index (χ1n) is 11.3. The Morgan fingerprint density at radius 2 is 1.84 bits per heavy atom. The van der Waals surface area contributed by atoms with Crippen molar-refractivity contribution in [2.75, 3.05) is 29.5 Å². The molecule has 0 aliphatic heterocycles. The third-order valence-corrected chi connectivity index (χ3v) is 6.95. The molecule has 4 aromatic rings. The van der Waals surface area contributed by atoms with Gasteiger partial charge < -0.3 is 14.8 Å². The van der Waals surface area contributed by atoms with Crippen molar-refractivity contribution in [2.45, 2.75) is 6.92 Å². The van der Waals surface area contributed by atoms with E-state index in [1.54, 1.807) is 23.9 Å². The van der Waals surface area contributed by atoms with Crippen molar-refractivity contribution in [3.63, 3.8) is 0 Å². The molecule has 1 amide bonds. The highest BCUT2D eigenvalue weighted by atomic mass is 32.2. The van der Waals surface area contributed by atoms with Gasteiger partial charge >= 0.3 is 11.9 Å². The van der Waals surface area contributed by atoms with Gasteiger partial charge in [-0.1, -0.05) is 12.1 Å². The average Bonchev–Trinajstić information content (AvgIpc) is 3.45. The Bertz CT molecular complexity index is 1640. The first-order valence-corrected chi connectivity index (χ1v) is 14.0. The molecule has 0 atom stereocenters. The maximum atomic E-state index is 12.6. The summed E-state index contributed by atoms with van der Waals surface area (Å²) in [5.74, 6) is -2.08. The van der Waals surface area contributed by atoms with Crippen molar-refractivity contribution in [1.82, 2.24) is 9.78 Å². The number of sulfonamides is 1. The molecule has 11 nitrogen and oxygen atoms in total. The van der Waals surface area contributed by atoms with Gasteiger partial charge in [0.05, 0.1) is 35.7 Å². The van der Waals surface area contributed by atoms with Gasteiger partial charge in [-0.2, -0.15) is 5.10 Å². The third-order valence-electron chi connectivity index (χ3n) is 5.25. The Labute approximate surface area is 222 Å². The molecule has 0 saturated carbocycles. The molecule has 0 radical (unpaired) electrons. The zero-order valence-corrected chi connectivity index (χ0v) is 22.3. The number of fused-ring (bicyclic) bond motifs is 1. The summed E-state index contributed by atoms with van der Waals surface area (Å²) in [6, 6.07) is 13.1. The number of carbonyl (C=O) groups excluding carboxylic acids is 3. The van der Waals surface area contributed by atoms with Crippen LogP contribution in [0, 0.1) is 0 Å². The summed E-state index contributed by atoms with van der Waals surface area (Å²) in [6.45, 7) is 1.21. The van der Waals surface area contributed by atoms with Crippen LogP contribution in [-0.4, -0.2) is 55.5 Å². The van der Waals surface area contributed by atoms with Crippen LogP contribution < -0.4 is 10.0 Å². The molecule has 13 heteroatoms. The summed E-state index contributed by atoms with van der Waals surface area (Å²) in [6.07, 6.45) is 2.72. The molecule has 0 spiro atoms. The minimum atomic E-state index is -3.53. The van der Waals surface area contributed by atoms with Crippen molar-refractivity contribution in [1.29, 1.82) is 0 Å². The van der Waals surface area contributed by atoms with Crippen molar-refractivity contribution >= 4 is 60.8 Å². The zero-order chi connectivity index (χ0) is 27.4. The van der Waals surface area contributed by atoms with Gasteiger partial charge in [0.2, 0.25) is 10.0 Å². The van der Waals surface area contributed by atoms with Crippen molar-refractivity contribution < 1.29 is 32.3 Å². The maximum Gasteiger partial charge on any atom is 0.341 e. The summed E-state index contributed by atoms with van der Waals surface area (Å²) >= 11 is 1.18. The van der Waals surface area contributed by atoms with Crippen molar-refractivity contribution in [3.8, 4) is 10.4 Å². The summed E-state index contributed by atoms with van der Waals surface area (Å²) in [5.41, 5.74) is 2.20. The number of hydrogen-bond acceptors (Lipinski definition) is 9. The summed E-state index contributed by atoms with van der Waals surface area (Å²) < 4.78 is 37.1. The standard InChI is InChI=1S/C25H24N4O7S2/c1-4-35-25(32)19-12-21(15-8-9-20-17(10-15)13-26-29(20)2)37-23(19)27-22(30)14-36-24(31)16-6-5-7-18(11-16)28-38(3,33)34/h5-13,28H,4,14H2,1-3H3,(H,27,30). The van der Waals surface area contributed by atoms with E-state index in [1.807, 2.05) is 25.2 Å². The van der Waals surface area contributed by atoms with Gasteiger partial charge in [0.15, 0.2) is 6.61 Å². The monoisotopic (exact) mass is 556 g/mol. The van der Waals surface area contributed by atoms with E-state index >= 15 is 0 Å². The van der Waals surface area contributed by atoms with Crippen LogP contribution in [0.4, 0.5) is 10.7 Å². The predicted molar refractivity (Wildman–Crippen MR) is 144 cm³/mol. The number of ether oxygens (including phenoxy) is 2. The van der Waals surface area contributed by atoms with Crippen LogP contribution in [-0.2, 0) is 31.3 Å². The summed E-state index contributed by atoms with van der Waals surface area (Å²) in [4.78, 5) is 38.3. The van der Waals surface area contributed by atoms with E-state index in [1.165, 1.54) is 35.6 Å². The lowest BCUT2D eigenvalue weighted by Crippen LogP contribution is -2.21. The molecule has 38 heavy (non-hydrogen) atoms. The lowest BCUT2D eigenvalue weighted by Gasteiger charge is -2.08. The van der Waals surface area contributed by atoms with E-state index in [-0.39, 0.29) is 28.4 Å². The minimum Gasteiger partial charge on any atom is -0.462 e. The Morgan fingerprint density at radius 3 is 2.58 bits per heavy atom. The molecule has 0 bridgehead atoms. The quantitative estimate of drug-likeness (QED) is 0.297.